The van der Waals surface area contributed by atoms with Crippen molar-refractivity contribution in [2.24, 2.45) is 0 Å². The lowest BCUT2D eigenvalue weighted by molar-refractivity contribution is 0.174. The smallest absolute Gasteiger partial charge is 0.231 e. The average Bonchev–Trinajstić information content (AvgIpc) is 3.04. The van der Waals surface area contributed by atoms with Gasteiger partial charge in [0.2, 0.25) is 6.79 Å². The Morgan fingerprint density at radius 1 is 1.30 bits per heavy atom. The van der Waals surface area contributed by atoms with Crippen molar-refractivity contribution in [1.29, 1.82) is 0 Å². The molecule has 0 aliphatic carbocycles. The van der Waals surface area contributed by atoms with E-state index in [2.05, 4.69) is 19.0 Å². The van der Waals surface area contributed by atoms with Crippen molar-refractivity contribution >= 4 is 5.82 Å². The first-order valence-electron chi connectivity index (χ1n) is 6.85. The van der Waals surface area contributed by atoms with E-state index in [4.69, 9.17) is 19.7 Å². The zero-order chi connectivity index (χ0) is 14.1. The number of nitrogen functional groups attached to an aromatic ring is 1. The van der Waals surface area contributed by atoms with Gasteiger partial charge in [0.05, 0.1) is 5.56 Å². The molecule has 1 aromatic heterocycles. The molecule has 1 aromatic carbocycles. The Kier molecular flexibility index (Phi) is 3.26. The van der Waals surface area contributed by atoms with E-state index in [0.29, 0.717) is 5.82 Å². The monoisotopic (exact) mass is 274 g/mol. The zero-order valence-corrected chi connectivity index (χ0v) is 11.7. The van der Waals surface area contributed by atoms with E-state index in [1.807, 2.05) is 18.2 Å². The van der Waals surface area contributed by atoms with Gasteiger partial charge in [-0.2, -0.15) is 0 Å². The third-order valence-corrected chi connectivity index (χ3v) is 3.58. The largest absolute Gasteiger partial charge is 0.454 e. The summed E-state index contributed by atoms with van der Waals surface area (Å²) in [7, 11) is 0. The number of fused-ring (bicyclic) bond motifs is 1. The lowest BCUT2D eigenvalue weighted by Crippen LogP contribution is -1.95. The van der Waals surface area contributed by atoms with Crippen LogP contribution in [0.3, 0.4) is 0 Å². The van der Waals surface area contributed by atoms with Crippen molar-refractivity contribution < 1.29 is 14.0 Å². The van der Waals surface area contributed by atoms with Gasteiger partial charge in [0.25, 0.3) is 0 Å². The Morgan fingerprint density at radius 3 is 2.90 bits per heavy atom. The van der Waals surface area contributed by atoms with Crippen molar-refractivity contribution in [3.63, 3.8) is 0 Å². The van der Waals surface area contributed by atoms with E-state index in [1.165, 1.54) is 0 Å². The molecule has 0 fully saturated rings. The first-order valence-corrected chi connectivity index (χ1v) is 6.85. The summed E-state index contributed by atoms with van der Waals surface area (Å²) in [5.74, 6) is 3.03. The molecular formula is C15H18N2O3. The van der Waals surface area contributed by atoms with E-state index >= 15 is 0 Å². The highest BCUT2D eigenvalue weighted by molar-refractivity contribution is 5.77. The maximum absolute atomic E-state index is 5.98. The highest BCUT2D eigenvalue weighted by Gasteiger charge is 2.23. The molecule has 2 N–H and O–H groups in total. The Hall–Kier alpha value is -2.17. The first kappa shape index (κ1) is 12.8. The number of nitrogens with two attached hydrogens (primary N) is 1. The van der Waals surface area contributed by atoms with Crippen LogP contribution in [0.15, 0.2) is 22.7 Å². The standard InChI is InChI=1S/C15H18N2O3/c1-3-4-9(2)14-13(15(16)17-20-14)10-5-6-11-12(7-10)19-8-18-11/h5-7,9H,3-4,8H2,1-2H3,(H2,16,17). The summed E-state index contributed by atoms with van der Waals surface area (Å²) in [5, 5.41) is 3.92. The normalized spacial score (nSPS) is 14.5. The Bertz CT molecular complexity index is 622. The molecule has 2 aromatic rings. The van der Waals surface area contributed by atoms with E-state index < -0.39 is 0 Å². The lowest BCUT2D eigenvalue weighted by Gasteiger charge is -2.09. The van der Waals surface area contributed by atoms with Crippen LogP contribution in [-0.2, 0) is 0 Å². The van der Waals surface area contributed by atoms with Crippen LogP contribution < -0.4 is 15.2 Å². The molecule has 1 aliphatic heterocycles. The van der Waals surface area contributed by atoms with Gasteiger partial charge in [0.1, 0.15) is 5.76 Å². The SMILES string of the molecule is CCCC(C)c1onc(N)c1-c1ccc2c(c1)OCO2. The molecule has 0 saturated carbocycles. The van der Waals surface area contributed by atoms with Gasteiger partial charge in [-0.1, -0.05) is 31.5 Å². The summed E-state index contributed by atoms with van der Waals surface area (Å²) >= 11 is 0. The van der Waals surface area contributed by atoms with Crippen molar-refractivity contribution in [2.45, 2.75) is 32.6 Å². The average molecular weight is 274 g/mol. The molecule has 1 atom stereocenters. The van der Waals surface area contributed by atoms with Gasteiger partial charge in [-0.3, -0.25) is 0 Å². The molecule has 5 nitrogen and oxygen atoms in total. The van der Waals surface area contributed by atoms with Crippen molar-refractivity contribution in [1.82, 2.24) is 5.16 Å². The quantitative estimate of drug-likeness (QED) is 0.923. The Labute approximate surface area is 117 Å². The topological polar surface area (TPSA) is 70.5 Å². The van der Waals surface area contributed by atoms with Gasteiger partial charge < -0.3 is 19.7 Å². The van der Waals surface area contributed by atoms with E-state index in [1.54, 1.807) is 0 Å². The summed E-state index contributed by atoms with van der Waals surface area (Å²) in [4.78, 5) is 0. The fourth-order valence-electron chi connectivity index (χ4n) is 2.56. The summed E-state index contributed by atoms with van der Waals surface area (Å²) in [6, 6.07) is 5.77. The molecule has 5 heteroatoms. The second kappa shape index (κ2) is 5.07. The number of anilines is 1. The predicted molar refractivity (Wildman–Crippen MR) is 75.8 cm³/mol. The van der Waals surface area contributed by atoms with Crippen molar-refractivity contribution in [3.05, 3.63) is 24.0 Å². The first-order chi connectivity index (χ1) is 9.70. The number of rotatable bonds is 4. The van der Waals surface area contributed by atoms with Crippen LogP contribution in [0.4, 0.5) is 5.82 Å². The maximum atomic E-state index is 5.98. The molecule has 20 heavy (non-hydrogen) atoms. The van der Waals surface area contributed by atoms with Crippen LogP contribution in [0, 0.1) is 0 Å². The van der Waals surface area contributed by atoms with Crippen LogP contribution in [0.2, 0.25) is 0 Å². The van der Waals surface area contributed by atoms with Gasteiger partial charge in [-0.15, -0.1) is 0 Å². The van der Waals surface area contributed by atoms with E-state index in [-0.39, 0.29) is 12.7 Å². The van der Waals surface area contributed by atoms with Gasteiger partial charge in [0, 0.05) is 5.92 Å². The predicted octanol–water partition coefficient (Wildman–Crippen LogP) is 3.56. The molecule has 0 amide bonds. The third-order valence-electron chi connectivity index (χ3n) is 3.58. The third kappa shape index (κ3) is 2.09. The molecule has 1 aliphatic rings. The minimum absolute atomic E-state index is 0.261. The van der Waals surface area contributed by atoms with E-state index in [0.717, 1.165) is 41.2 Å². The van der Waals surface area contributed by atoms with Crippen LogP contribution in [0.1, 0.15) is 38.4 Å². The van der Waals surface area contributed by atoms with Crippen LogP contribution in [-0.4, -0.2) is 11.9 Å². The van der Waals surface area contributed by atoms with Crippen molar-refractivity contribution in [3.8, 4) is 22.6 Å². The number of nitrogens with zero attached hydrogens (tertiary/aromatic N) is 1. The van der Waals surface area contributed by atoms with Gasteiger partial charge >= 0.3 is 0 Å². The highest BCUT2D eigenvalue weighted by atomic mass is 16.7. The van der Waals surface area contributed by atoms with Crippen LogP contribution in [0.5, 0.6) is 11.5 Å². The number of ether oxygens (including phenoxy) is 2. The van der Waals surface area contributed by atoms with Crippen molar-refractivity contribution in [2.75, 3.05) is 12.5 Å². The molecule has 0 saturated heterocycles. The minimum Gasteiger partial charge on any atom is -0.454 e. The molecule has 0 bridgehead atoms. The van der Waals surface area contributed by atoms with Gasteiger partial charge in [-0.25, -0.2) is 0 Å². The lowest BCUT2D eigenvalue weighted by atomic mass is 9.95. The van der Waals surface area contributed by atoms with Gasteiger partial charge in [-0.05, 0) is 24.1 Å². The minimum atomic E-state index is 0.261. The van der Waals surface area contributed by atoms with Crippen LogP contribution in [0.25, 0.3) is 11.1 Å². The molecular weight excluding hydrogens is 256 g/mol. The van der Waals surface area contributed by atoms with E-state index in [9.17, 15) is 0 Å². The van der Waals surface area contributed by atoms with Crippen LogP contribution >= 0.6 is 0 Å². The fraction of sp³-hybridized carbons (Fsp3) is 0.400. The summed E-state index contributed by atoms with van der Waals surface area (Å²) in [6.45, 7) is 4.54. The summed E-state index contributed by atoms with van der Waals surface area (Å²) in [6.07, 6.45) is 2.12. The molecule has 0 spiro atoms. The number of hydrogen-bond donors (Lipinski definition) is 1. The summed E-state index contributed by atoms with van der Waals surface area (Å²) < 4.78 is 16.2. The fourth-order valence-corrected chi connectivity index (χ4v) is 2.56. The number of hydrogen-bond acceptors (Lipinski definition) is 5. The van der Waals surface area contributed by atoms with Gasteiger partial charge in [0.15, 0.2) is 17.3 Å². The Balaban J connectivity index is 2.03. The Morgan fingerprint density at radius 2 is 2.10 bits per heavy atom. The highest BCUT2D eigenvalue weighted by Crippen LogP contribution is 2.41. The maximum Gasteiger partial charge on any atom is 0.231 e. The molecule has 106 valence electrons. The molecule has 3 rings (SSSR count). The number of benzene rings is 1. The molecule has 0 radical (unpaired) electrons. The molecule has 1 unspecified atom stereocenters. The second-order valence-corrected chi connectivity index (χ2v) is 5.06. The second-order valence-electron chi connectivity index (χ2n) is 5.06. The summed E-state index contributed by atoms with van der Waals surface area (Å²) in [5.41, 5.74) is 7.79. The zero-order valence-electron chi connectivity index (χ0n) is 11.7. The number of aromatic nitrogens is 1. The molecule has 2 heterocycles.